The van der Waals surface area contributed by atoms with Crippen LogP contribution >= 0.6 is 0 Å². The van der Waals surface area contributed by atoms with Crippen molar-refractivity contribution in [3.05, 3.63) is 29.6 Å². The maximum Gasteiger partial charge on any atom is 0.246 e. The zero-order valence-corrected chi connectivity index (χ0v) is 8.79. The number of hydrogen-bond donors (Lipinski definition) is 3. The lowest BCUT2D eigenvalue weighted by Crippen LogP contribution is -2.29. The highest BCUT2D eigenvalue weighted by atomic mass is 19.1. The van der Waals surface area contributed by atoms with Gasteiger partial charge >= 0.3 is 0 Å². The fraction of sp³-hybridized carbons (Fsp3) is 0.364. The summed E-state index contributed by atoms with van der Waals surface area (Å²) in [5.41, 5.74) is 6.72. The molecule has 0 spiro atoms. The van der Waals surface area contributed by atoms with E-state index >= 15 is 0 Å². The van der Waals surface area contributed by atoms with Gasteiger partial charge in [0.05, 0.1) is 0 Å². The molecule has 1 aromatic carbocycles. The molecule has 1 aliphatic heterocycles. The van der Waals surface area contributed by atoms with Crippen LogP contribution in [0.25, 0.3) is 0 Å². The molecule has 1 atom stereocenters. The molecule has 1 aromatic rings. The highest BCUT2D eigenvalue weighted by Gasteiger charge is 2.29. The minimum atomic E-state index is -0.387. The van der Waals surface area contributed by atoms with E-state index in [2.05, 4.69) is 10.6 Å². The molecule has 16 heavy (non-hydrogen) atoms. The molecule has 0 radical (unpaired) electrons. The quantitative estimate of drug-likeness (QED) is 0.660. The Balaban J connectivity index is 2.13. The molecule has 1 amide bonds. The largest absolute Gasteiger partial charge is 0.330 e. The number of rotatable bonds is 4. The van der Waals surface area contributed by atoms with Crippen molar-refractivity contribution in [1.82, 2.24) is 5.32 Å². The molecule has 2 rings (SSSR count). The van der Waals surface area contributed by atoms with Crippen molar-refractivity contribution in [2.75, 3.05) is 18.4 Å². The van der Waals surface area contributed by atoms with E-state index in [0.717, 1.165) is 12.0 Å². The van der Waals surface area contributed by atoms with E-state index in [1.54, 1.807) is 6.07 Å². The van der Waals surface area contributed by atoms with E-state index < -0.39 is 0 Å². The third-order valence-electron chi connectivity index (χ3n) is 2.58. The number of benzene rings is 1. The minimum absolute atomic E-state index is 0.141. The molecule has 5 heteroatoms. The maximum atomic E-state index is 12.9. The number of hydrogen-bond acceptors (Lipinski definition) is 3. The first-order chi connectivity index (χ1) is 7.72. The van der Waals surface area contributed by atoms with Crippen LogP contribution < -0.4 is 16.4 Å². The average molecular weight is 223 g/mol. The molecule has 0 aliphatic carbocycles. The lowest BCUT2D eigenvalue weighted by atomic mass is 10.1. The Hall–Kier alpha value is -1.46. The topological polar surface area (TPSA) is 67.1 Å². The van der Waals surface area contributed by atoms with Crippen LogP contribution in [0.15, 0.2) is 18.2 Å². The van der Waals surface area contributed by atoms with Crippen molar-refractivity contribution in [3.8, 4) is 0 Å². The summed E-state index contributed by atoms with van der Waals surface area (Å²) in [5, 5.41) is 5.74. The van der Waals surface area contributed by atoms with Crippen LogP contribution in [0.1, 0.15) is 18.0 Å². The van der Waals surface area contributed by atoms with Crippen LogP contribution in [0.2, 0.25) is 0 Å². The summed E-state index contributed by atoms with van der Waals surface area (Å²) in [5.74, 6) is -0.487. The van der Waals surface area contributed by atoms with Crippen molar-refractivity contribution in [3.63, 3.8) is 0 Å². The number of carbonyl (C=O) groups excluding carboxylic acids is 1. The molecule has 0 bridgehead atoms. The first-order valence-electron chi connectivity index (χ1n) is 5.26. The van der Waals surface area contributed by atoms with Gasteiger partial charge < -0.3 is 16.4 Å². The number of amides is 1. The van der Waals surface area contributed by atoms with E-state index in [-0.39, 0.29) is 17.8 Å². The summed E-state index contributed by atoms with van der Waals surface area (Å²) in [4.78, 5) is 11.6. The minimum Gasteiger partial charge on any atom is -0.330 e. The second kappa shape index (κ2) is 4.59. The molecule has 1 unspecified atom stereocenters. The Morgan fingerprint density at radius 3 is 3.06 bits per heavy atom. The summed E-state index contributed by atoms with van der Waals surface area (Å²) in [6, 6.07) is 3.93. The normalized spacial score (nSPS) is 18.4. The summed E-state index contributed by atoms with van der Waals surface area (Å²) in [7, 11) is 0. The maximum absolute atomic E-state index is 12.9. The predicted molar refractivity (Wildman–Crippen MR) is 59.4 cm³/mol. The molecule has 86 valence electrons. The summed E-state index contributed by atoms with van der Waals surface area (Å²) in [6.45, 7) is 1.25. The van der Waals surface area contributed by atoms with Crippen molar-refractivity contribution < 1.29 is 9.18 Å². The van der Waals surface area contributed by atoms with E-state index in [1.165, 1.54) is 12.1 Å². The highest BCUT2D eigenvalue weighted by molar-refractivity contribution is 6.02. The van der Waals surface area contributed by atoms with E-state index in [1.807, 2.05) is 0 Å². The van der Waals surface area contributed by atoms with Gasteiger partial charge in [0.25, 0.3) is 0 Å². The summed E-state index contributed by atoms with van der Waals surface area (Å²) in [6.07, 6.45) is 0.806. The van der Waals surface area contributed by atoms with Crippen molar-refractivity contribution >= 4 is 11.6 Å². The number of nitrogens with two attached hydrogens (primary N) is 1. The zero-order chi connectivity index (χ0) is 11.5. The van der Waals surface area contributed by atoms with Crippen molar-refractivity contribution in [2.24, 2.45) is 5.73 Å². The number of carbonyl (C=O) groups is 1. The van der Waals surface area contributed by atoms with Crippen LogP contribution in [0, 0.1) is 5.82 Å². The SMILES string of the molecule is NCCCNC1C(=O)Nc2cc(F)ccc21. The van der Waals surface area contributed by atoms with Crippen molar-refractivity contribution in [1.29, 1.82) is 0 Å². The van der Waals surface area contributed by atoms with E-state index in [4.69, 9.17) is 5.73 Å². The Bertz CT molecular complexity index is 408. The molecule has 4 nitrogen and oxygen atoms in total. The zero-order valence-electron chi connectivity index (χ0n) is 8.79. The van der Waals surface area contributed by atoms with E-state index in [0.29, 0.717) is 18.8 Å². The van der Waals surface area contributed by atoms with E-state index in [9.17, 15) is 9.18 Å². The fourth-order valence-electron chi connectivity index (χ4n) is 1.79. The number of halogens is 1. The Labute approximate surface area is 93.0 Å². The van der Waals surface area contributed by atoms with Gasteiger partial charge in [0.2, 0.25) is 5.91 Å². The third kappa shape index (κ3) is 2.05. The first-order valence-corrected chi connectivity index (χ1v) is 5.26. The van der Waals surface area contributed by atoms with Gasteiger partial charge in [-0.15, -0.1) is 0 Å². The molecule has 4 N–H and O–H groups in total. The molecule has 0 fully saturated rings. The average Bonchev–Trinajstić information content (AvgIpc) is 2.55. The lowest BCUT2D eigenvalue weighted by Gasteiger charge is -2.10. The molecule has 0 saturated carbocycles. The standard InChI is InChI=1S/C11H14FN3O/c12-7-2-3-8-9(6-7)15-11(16)10(8)14-5-1-4-13/h2-3,6,10,14H,1,4-5,13H2,(H,15,16). The number of fused-ring (bicyclic) bond motifs is 1. The molecule has 1 aliphatic rings. The van der Waals surface area contributed by atoms with Gasteiger partial charge in [-0.1, -0.05) is 6.07 Å². The highest BCUT2D eigenvalue weighted by Crippen LogP contribution is 2.30. The lowest BCUT2D eigenvalue weighted by molar-refractivity contribution is -0.117. The first kappa shape index (κ1) is 11.0. The van der Waals surface area contributed by atoms with Gasteiger partial charge in [-0.25, -0.2) is 4.39 Å². The molecule has 0 saturated heterocycles. The second-order valence-electron chi connectivity index (χ2n) is 3.75. The van der Waals surface area contributed by atoms with Gasteiger partial charge in [0, 0.05) is 11.3 Å². The number of nitrogens with one attached hydrogen (secondary N) is 2. The van der Waals surface area contributed by atoms with Crippen LogP contribution in [-0.2, 0) is 4.79 Å². The summed E-state index contributed by atoms with van der Waals surface area (Å²) >= 11 is 0. The fourth-order valence-corrected chi connectivity index (χ4v) is 1.79. The Kier molecular flexibility index (Phi) is 3.17. The van der Waals surface area contributed by atoms with Crippen LogP contribution in [0.4, 0.5) is 10.1 Å². The van der Waals surface area contributed by atoms with Gasteiger partial charge in [0.1, 0.15) is 11.9 Å². The molecule has 0 aromatic heterocycles. The monoisotopic (exact) mass is 223 g/mol. The van der Waals surface area contributed by atoms with Crippen LogP contribution in [0.5, 0.6) is 0 Å². The van der Waals surface area contributed by atoms with Gasteiger partial charge in [-0.3, -0.25) is 4.79 Å². The molecular weight excluding hydrogens is 209 g/mol. The number of anilines is 1. The Morgan fingerprint density at radius 2 is 2.31 bits per heavy atom. The van der Waals surface area contributed by atoms with Crippen LogP contribution in [-0.4, -0.2) is 19.0 Å². The molecule has 1 heterocycles. The van der Waals surface area contributed by atoms with Crippen molar-refractivity contribution in [2.45, 2.75) is 12.5 Å². The summed E-state index contributed by atoms with van der Waals surface area (Å²) < 4.78 is 12.9. The Morgan fingerprint density at radius 1 is 1.50 bits per heavy atom. The second-order valence-corrected chi connectivity index (χ2v) is 3.75. The third-order valence-corrected chi connectivity index (χ3v) is 2.58. The predicted octanol–water partition coefficient (Wildman–Crippen LogP) is 0.757. The van der Waals surface area contributed by atoms with Gasteiger partial charge in [0.15, 0.2) is 0 Å². The smallest absolute Gasteiger partial charge is 0.246 e. The van der Waals surface area contributed by atoms with Gasteiger partial charge in [-0.2, -0.15) is 0 Å². The van der Waals surface area contributed by atoms with Crippen LogP contribution in [0.3, 0.4) is 0 Å². The molecular formula is C11H14FN3O. The van der Waals surface area contributed by atoms with Gasteiger partial charge in [-0.05, 0) is 31.6 Å².